The summed E-state index contributed by atoms with van der Waals surface area (Å²) >= 11 is 6.40. The van der Waals surface area contributed by atoms with Crippen LogP contribution in [-0.2, 0) is 11.3 Å². The third-order valence-corrected chi connectivity index (χ3v) is 6.14. The summed E-state index contributed by atoms with van der Waals surface area (Å²) in [6.45, 7) is 3.29. The summed E-state index contributed by atoms with van der Waals surface area (Å²) in [4.78, 5) is 26.7. The molecule has 1 aliphatic heterocycles. The highest BCUT2D eigenvalue weighted by Gasteiger charge is 2.60. The van der Waals surface area contributed by atoms with Crippen LogP contribution < -0.4 is 19.5 Å². The van der Waals surface area contributed by atoms with E-state index in [2.05, 4.69) is 10.4 Å². The minimum Gasteiger partial charge on any atom is -0.496 e. The maximum Gasteiger partial charge on any atom is 0.236 e. The van der Waals surface area contributed by atoms with Crippen molar-refractivity contribution >= 4 is 23.2 Å². The van der Waals surface area contributed by atoms with E-state index in [0.29, 0.717) is 18.7 Å². The average molecular weight is 446 g/mol. The number of benzene rings is 1. The van der Waals surface area contributed by atoms with Crippen molar-refractivity contribution in [2.45, 2.75) is 31.9 Å². The maximum atomic E-state index is 13.4. The van der Waals surface area contributed by atoms with Crippen LogP contribution in [0.4, 0.5) is 0 Å². The van der Waals surface area contributed by atoms with Gasteiger partial charge in [0, 0.05) is 49.2 Å². The Balaban J connectivity index is 1.55. The summed E-state index contributed by atoms with van der Waals surface area (Å²) in [7, 11) is 2.90. The molecule has 0 fully saturated rings. The Morgan fingerprint density at radius 1 is 1.32 bits per heavy atom. The van der Waals surface area contributed by atoms with E-state index in [9.17, 15) is 9.59 Å². The molecule has 0 saturated carbocycles. The first-order chi connectivity index (χ1) is 14.9. The number of aromatic nitrogens is 2. The van der Waals surface area contributed by atoms with Crippen LogP contribution in [0.5, 0.6) is 17.2 Å². The quantitative estimate of drug-likeness (QED) is 0.517. The second-order valence-corrected chi connectivity index (χ2v) is 8.03. The van der Waals surface area contributed by atoms with Crippen LogP contribution in [0.2, 0.25) is 5.02 Å². The molecular formula is C22H24ClN3O5. The predicted molar refractivity (Wildman–Crippen MR) is 114 cm³/mol. The number of Topliss-reactive ketones (excluding diaryl/α,β-unsaturated/α-hetero) is 1. The highest BCUT2D eigenvalue weighted by atomic mass is 35.5. The minimum atomic E-state index is -1.65. The molecular weight excluding hydrogens is 422 g/mol. The number of fused-ring (bicyclic) bond motifs is 1. The second-order valence-electron chi connectivity index (χ2n) is 7.65. The van der Waals surface area contributed by atoms with Crippen molar-refractivity contribution in [3.8, 4) is 17.2 Å². The molecule has 1 aliphatic carbocycles. The number of ketones is 2. The molecule has 0 saturated heterocycles. The summed E-state index contributed by atoms with van der Waals surface area (Å²) in [5, 5.41) is 7.62. The Morgan fingerprint density at radius 2 is 2.10 bits per heavy atom. The topological polar surface area (TPSA) is 91.7 Å². The van der Waals surface area contributed by atoms with Gasteiger partial charge in [-0.25, -0.2) is 0 Å². The minimum absolute atomic E-state index is 0.132. The first kappa shape index (κ1) is 21.2. The monoisotopic (exact) mass is 445 g/mol. The maximum absolute atomic E-state index is 13.4. The second kappa shape index (κ2) is 8.26. The zero-order valence-corrected chi connectivity index (χ0v) is 18.4. The lowest BCUT2D eigenvalue weighted by atomic mass is 9.74. The Kier molecular flexibility index (Phi) is 5.66. The highest BCUT2D eigenvalue weighted by Crippen LogP contribution is 2.52. The van der Waals surface area contributed by atoms with E-state index in [1.165, 1.54) is 26.4 Å². The lowest BCUT2D eigenvalue weighted by Crippen LogP contribution is -2.55. The summed E-state index contributed by atoms with van der Waals surface area (Å²) < 4.78 is 18.5. The number of rotatable bonds is 7. The summed E-state index contributed by atoms with van der Waals surface area (Å²) in [6.07, 6.45) is 6.45. The molecule has 31 heavy (non-hydrogen) atoms. The lowest BCUT2D eigenvalue weighted by Gasteiger charge is -2.35. The van der Waals surface area contributed by atoms with Gasteiger partial charge in [-0.15, -0.1) is 0 Å². The van der Waals surface area contributed by atoms with Crippen molar-refractivity contribution in [3.05, 3.63) is 46.9 Å². The molecule has 0 amide bonds. The van der Waals surface area contributed by atoms with Gasteiger partial charge in [-0.05, 0) is 18.9 Å². The van der Waals surface area contributed by atoms with Gasteiger partial charge in [-0.3, -0.25) is 14.3 Å². The van der Waals surface area contributed by atoms with Gasteiger partial charge in [-0.1, -0.05) is 18.5 Å². The van der Waals surface area contributed by atoms with Gasteiger partial charge in [0.1, 0.15) is 22.1 Å². The molecule has 9 heteroatoms. The molecule has 1 N–H and O–H groups in total. The van der Waals surface area contributed by atoms with Crippen molar-refractivity contribution in [1.29, 1.82) is 0 Å². The van der Waals surface area contributed by atoms with Crippen LogP contribution >= 0.6 is 11.6 Å². The van der Waals surface area contributed by atoms with Gasteiger partial charge in [0.2, 0.25) is 17.2 Å². The van der Waals surface area contributed by atoms with E-state index in [0.717, 1.165) is 18.7 Å². The fourth-order valence-electron chi connectivity index (χ4n) is 4.17. The van der Waals surface area contributed by atoms with Crippen LogP contribution in [0.1, 0.15) is 30.1 Å². The number of halogens is 1. The fourth-order valence-corrected chi connectivity index (χ4v) is 4.44. The molecule has 1 aromatic heterocycles. The molecule has 1 aromatic carbocycles. The van der Waals surface area contributed by atoms with Gasteiger partial charge >= 0.3 is 0 Å². The van der Waals surface area contributed by atoms with Gasteiger partial charge in [0.15, 0.2) is 5.75 Å². The van der Waals surface area contributed by atoms with Crippen molar-refractivity contribution < 1.29 is 23.8 Å². The number of allylic oxidation sites excluding steroid dienone is 1. The molecule has 2 aliphatic rings. The number of methoxy groups -OCH3 is 2. The number of carbonyl (C=O) groups is 2. The Labute approximate surface area is 185 Å². The smallest absolute Gasteiger partial charge is 0.236 e. The number of carbonyl (C=O) groups excluding carboxylic acids is 2. The molecule has 1 spiro atoms. The molecule has 0 unspecified atom stereocenters. The molecule has 0 radical (unpaired) electrons. The Bertz CT molecular complexity index is 1050. The number of nitrogens with one attached hydrogen (secondary N) is 1. The van der Waals surface area contributed by atoms with Crippen molar-refractivity contribution in [2.24, 2.45) is 5.92 Å². The number of hydrogen-bond donors (Lipinski definition) is 1. The van der Waals surface area contributed by atoms with E-state index in [-0.39, 0.29) is 22.1 Å². The van der Waals surface area contributed by atoms with Crippen molar-refractivity contribution in [2.75, 3.05) is 20.8 Å². The molecule has 8 nitrogen and oxygen atoms in total. The third-order valence-electron chi connectivity index (χ3n) is 5.79. The number of ether oxygens (including phenoxy) is 3. The van der Waals surface area contributed by atoms with Crippen LogP contribution in [0.15, 0.2) is 36.3 Å². The normalized spacial score (nSPS) is 22.2. The molecule has 2 aromatic rings. The molecule has 2 atom stereocenters. The van der Waals surface area contributed by atoms with Gasteiger partial charge < -0.3 is 19.5 Å². The largest absolute Gasteiger partial charge is 0.496 e. The zero-order valence-electron chi connectivity index (χ0n) is 17.6. The highest BCUT2D eigenvalue weighted by molar-refractivity contribution is 6.36. The van der Waals surface area contributed by atoms with Crippen LogP contribution in [0, 0.1) is 5.92 Å². The van der Waals surface area contributed by atoms with E-state index < -0.39 is 23.1 Å². The van der Waals surface area contributed by atoms with E-state index >= 15 is 0 Å². The van der Waals surface area contributed by atoms with Crippen LogP contribution in [0.3, 0.4) is 0 Å². The third kappa shape index (κ3) is 3.44. The van der Waals surface area contributed by atoms with E-state index in [1.54, 1.807) is 6.20 Å². The summed E-state index contributed by atoms with van der Waals surface area (Å²) in [5.74, 6) is -0.523. The fraction of sp³-hybridized carbons (Fsp3) is 0.409. The molecule has 2 heterocycles. The van der Waals surface area contributed by atoms with Gasteiger partial charge in [0.25, 0.3) is 0 Å². The SMILES string of the molecule is COc1cc(OC)c2c(c1Cl)O[C@@]1(C(=O)C=C(NCCCn3cccn3)C[C@H]1C)C2=O. The van der Waals surface area contributed by atoms with Gasteiger partial charge in [0.05, 0.1) is 14.2 Å². The molecule has 164 valence electrons. The summed E-state index contributed by atoms with van der Waals surface area (Å²) in [6, 6.07) is 3.41. The van der Waals surface area contributed by atoms with Crippen molar-refractivity contribution in [1.82, 2.24) is 15.1 Å². The van der Waals surface area contributed by atoms with Gasteiger partial charge in [-0.2, -0.15) is 5.10 Å². The predicted octanol–water partition coefficient (Wildman–Crippen LogP) is 3.04. The lowest BCUT2D eigenvalue weighted by molar-refractivity contribution is -0.129. The average Bonchev–Trinajstić information content (AvgIpc) is 3.38. The number of aryl methyl sites for hydroxylation is 1. The zero-order chi connectivity index (χ0) is 22.2. The molecule has 4 rings (SSSR count). The van der Waals surface area contributed by atoms with Crippen molar-refractivity contribution in [3.63, 3.8) is 0 Å². The Morgan fingerprint density at radius 3 is 2.74 bits per heavy atom. The number of hydrogen-bond acceptors (Lipinski definition) is 7. The van der Waals surface area contributed by atoms with E-state index in [1.807, 2.05) is 23.9 Å². The Hall–Kier alpha value is -3.00. The van der Waals surface area contributed by atoms with Crippen LogP contribution in [0.25, 0.3) is 0 Å². The summed E-state index contributed by atoms with van der Waals surface area (Å²) in [5.41, 5.74) is -0.685. The first-order valence-electron chi connectivity index (χ1n) is 10.1. The standard InChI is InChI=1S/C22H24ClN3O5/c1-13-10-14(24-6-4-8-26-9-5-7-25-26)11-17(27)22(13)21(28)18-15(29-2)12-16(30-3)19(23)20(18)31-22/h5,7,9,11-13,24H,4,6,8,10H2,1-3H3/t13-,22+/m1/s1. The number of nitrogens with zero attached hydrogens (tertiary/aromatic N) is 2. The van der Waals surface area contributed by atoms with Crippen LogP contribution in [-0.4, -0.2) is 47.7 Å². The molecule has 0 bridgehead atoms. The van der Waals surface area contributed by atoms with E-state index in [4.69, 9.17) is 25.8 Å². The first-order valence-corrected chi connectivity index (χ1v) is 10.4.